The fourth-order valence-corrected chi connectivity index (χ4v) is 4.36. The zero-order valence-corrected chi connectivity index (χ0v) is 15.2. The monoisotopic (exact) mass is 379 g/mol. The number of aromatic nitrogens is 2. The Labute approximate surface area is 151 Å². The van der Waals surface area contributed by atoms with Gasteiger partial charge >= 0.3 is 0 Å². The second-order valence-corrected chi connectivity index (χ2v) is 8.20. The van der Waals surface area contributed by atoms with E-state index in [0.717, 1.165) is 0 Å². The SMILES string of the molecule is CN(CCc1ncon1)C(=O)c1cccc(S(=O)(=O)N2CCC(N)C2)c1. The van der Waals surface area contributed by atoms with Crippen molar-refractivity contribution in [2.45, 2.75) is 23.8 Å². The highest BCUT2D eigenvalue weighted by Gasteiger charge is 2.31. The largest absolute Gasteiger partial charge is 0.343 e. The van der Waals surface area contributed by atoms with Crippen LogP contribution in [0.1, 0.15) is 22.6 Å². The number of carbonyl (C=O) groups excluding carboxylic acids is 1. The summed E-state index contributed by atoms with van der Waals surface area (Å²) in [4.78, 5) is 18.1. The van der Waals surface area contributed by atoms with Crippen LogP contribution >= 0.6 is 0 Å². The Morgan fingerprint density at radius 2 is 2.27 bits per heavy atom. The summed E-state index contributed by atoms with van der Waals surface area (Å²) in [5.74, 6) is 0.231. The third-order valence-electron chi connectivity index (χ3n) is 4.33. The molecular formula is C16H21N5O4S. The van der Waals surface area contributed by atoms with Crippen LogP contribution in [0.25, 0.3) is 0 Å². The molecule has 1 atom stereocenters. The maximum Gasteiger partial charge on any atom is 0.253 e. The van der Waals surface area contributed by atoms with Gasteiger partial charge in [-0.3, -0.25) is 4.79 Å². The minimum absolute atomic E-state index is 0.101. The number of sulfonamides is 1. The first-order chi connectivity index (χ1) is 12.4. The molecule has 140 valence electrons. The zero-order valence-electron chi connectivity index (χ0n) is 14.4. The van der Waals surface area contributed by atoms with E-state index in [1.165, 1.54) is 27.7 Å². The molecule has 10 heteroatoms. The van der Waals surface area contributed by atoms with Gasteiger partial charge in [0.25, 0.3) is 5.91 Å². The molecule has 1 aliphatic heterocycles. The van der Waals surface area contributed by atoms with Crippen LogP contribution in [0, 0.1) is 0 Å². The number of carbonyl (C=O) groups is 1. The summed E-state index contributed by atoms with van der Waals surface area (Å²) in [6.45, 7) is 1.08. The fraction of sp³-hybridized carbons (Fsp3) is 0.438. The van der Waals surface area contributed by atoms with Crippen LogP contribution in [0.15, 0.2) is 40.1 Å². The van der Waals surface area contributed by atoms with Crippen molar-refractivity contribution in [3.05, 3.63) is 42.0 Å². The summed E-state index contributed by atoms with van der Waals surface area (Å²) in [6.07, 6.45) is 2.31. The van der Waals surface area contributed by atoms with Crippen LogP contribution in [0.4, 0.5) is 0 Å². The molecule has 1 aromatic heterocycles. The van der Waals surface area contributed by atoms with Gasteiger partial charge in [-0.05, 0) is 24.6 Å². The second kappa shape index (κ2) is 7.52. The molecule has 0 aliphatic carbocycles. The number of nitrogens with two attached hydrogens (primary N) is 1. The first-order valence-corrected chi connectivity index (χ1v) is 9.68. The normalized spacial score (nSPS) is 18.2. The lowest BCUT2D eigenvalue weighted by atomic mass is 10.2. The van der Waals surface area contributed by atoms with Gasteiger partial charge in [0.1, 0.15) is 0 Å². The number of rotatable bonds is 6. The van der Waals surface area contributed by atoms with Crippen molar-refractivity contribution in [2.75, 3.05) is 26.7 Å². The minimum Gasteiger partial charge on any atom is -0.343 e. The van der Waals surface area contributed by atoms with E-state index in [-0.39, 0.29) is 16.8 Å². The Morgan fingerprint density at radius 3 is 2.92 bits per heavy atom. The molecule has 1 amide bonds. The molecule has 2 N–H and O–H groups in total. The van der Waals surface area contributed by atoms with Crippen molar-refractivity contribution in [3.63, 3.8) is 0 Å². The van der Waals surface area contributed by atoms with E-state index in [1.54, 1.807) is 19.2 Å². The first kappa shape index (κ1) is 18.5. The number of likely N-dealkylation sites (N-methyl/N-ethyl adjacent to an activating group) is 1. The molecule has 1 aromatic carbocycles. The zero-order chi connectivity index (χ0) is 18.7. The molecule has 2 aromatic rings. The number of hydrogen-bond acceptors (Lipinski definition) is 7. The maximum atomic E-state index is 12.7. The van der Waals surface area contributed by atoms with E-state index in [1.807, 2.05) is 0 Å². The smallest absolute Gasteiger partial charge is 0.253 e. The lowest BCUT2D eigenvalue weighted by Gasteiger charge is -2.18. The maximum absolute atomic E-state index is 12.7. The van der Waals surface area contributed by atoms with Crippen LogP contribution in [-0.2, 0) is 16.4 Å². The molecule has 3 rings (SSSR count). The van der Waals surface area contributed by atoms with Gasteiger partial charge in [0, 0.05) is 44.7 Å². The highest BCUT2D eigenvalue weighted by atomic mass is 32.2. The summed E-state index contributed by atoms with van der Waals surface area (Å²) >= 11 is 0. The summed E-state index contributed by atoms with van der Waals surface area (Å²) in [5, 5.41) is 3.70. The molecule has 1 unspecified atom stereocenters. The topological polar surface area (TPSA) is 123 Å². The quantitative estimate of drug-likeness (QED) is 0.755. The van der Waals surface area contributed by atoms with Crippen LogP contribution < -0.4 is 5.73 Å². The van der Waals surface area contributed by atoms with Crippen molar-refractivity contribution >= 4 is 15.9 Å². The highest BCUT2D eigenvalue weighted by molar-refractivity contribution is 7.89. The lowest BCUT2D eigenvalue weighted by molar-refractivity contribution is 0.0795. The number of hydrogen-bond donors (Lipinski definition) is 1. The van der Waals surface area contributed by atoms with Gasteiger partial charge in [-0.25, -0.2) is 8.42 Å². The molecule has 1 saturated heterocycles. The molecular weight excluding hydrogens is 358 g/mol. The average molecular weight is 379 g/mol. The van der Waals surface area contributed by atoms with Gasteiger partial charge in [0.05, 0.1) is 4.90 Å². The van der Waals surface area contributed by atoms with Crippen LogP contribution in [0.2, 0.25) is 0 Å². The van der Waals surface area contributed by atoms with Crippen LogP contribution in [0.3, 0.4) is 0 Å². The molecule has 0 bridgehead atoms. The van der Waals surface area contributed by atoms with E-state index in [9.17, 15) is 13.2 Å². The van der Waals surface area contributed by atoms with Crippen molar-refractivity contribution in [2.24, 2.45) is 5.73 Å². The fourth-order valence-electron chi connectivity index (χ4n) is 2.80. The van der Waals surface area contributed by atoms with Crippen molar-refractivity contribution in [1.82, 2.24) is 19.3 Å². The molecule has 9 nitrogen and oxygen atoms in total. The van der Waals surface area contributed by atoms with Gasteiger partial charge in [-0.2, -0.15) is 9.29 Å². The number of nitrogens with zero attached hydrogens (tertiary/aromatic N) is 4. The molecule has 0 radical (unpaired) electrons. The summed E-state index contributed by atoms with van der Waals surface area (Å²) in [5.41, 5.74) is 6.12. The van der Waals surface area contributed by atoms with Crippen LogP contribution in [0.5, 0.6) is 0 Å². The summed E-state index contributed by atoms with van der Waals surface area (Å²) in [6, 6.07) is 5.93. The van der Waals surface area contributed by atoms with Crippen LogP contribution in [-0.4, -0.2) is 66.4 Å². The Kier molecular flexibility index (Phi) is 5.35. The van der Waals surface area contributed by atoms with E-state index in [4.69, 9.17) is 5.73 Å². The molecule has 26 heavy (non-hydrogen) atoms. The predicted molar refractivity (Wildman–Crippen MR) is 92.8 cm³/mol. The Morgan fingerprint density at radius 1 is 1.46 bits per heavy atom. The van der Waals surface area contributed by atoms with Gasteiger partial charge in [0.15, 0.2) is 5.82 Å². The van der Waals surface area contributed by atoms with Crippen molar-refractivity contribution in [1.29, 1.82) is 0 Å². The average Bonchev–Trinajstić information content (AvgIpc) is 3.31. The summed E-state index contributed by atoms with van der Waals surface area (Å²) in [7, 11) is -2.01. The third kappa shape index (κ3) is 3.92. The van der Waals surface area contributed by atoms with E-state index >= 15 is 0 Å². The van der Waals surface area contributed by atoms with E-state index in [2.05, 4.69) is 14.7 Å². The van der Waals surface area contributed by atoms with Gasteiger partial charge in [-0.1, -0.05) is 11.2 Å². The molecule has 2 heterocycles. The van der Waals surface area contributed by atoms with Gasteiger partial charge in [0.2, 0.25) is 16.4 Å². The second-order valence-electron chi connectivity index (χ2n) is 6.26. The van der Waals surface area contributed by atoms with Crippen molar-refractivity contribution < 1.29 is 17.7 Å². The molecule has 0 spiro atoms. The minimum atomic E-state index is -3.65. The molecule has 0 saturated carbocycles. The Hall–Kier alpha value is -2.30. The number of amides is 1. The van der Waals surface area contributed by atoms with Gasteiger partial charge < -0.3 is 15.2 Å². The molecule has 1 fully saturated rings. The highest BCUT2D eigenvalue weighted by Crippen LogP contribution is 2.21. The van der Waals surface area contributed by atoms with E-state index < -0.39 is 10.0 Å². The Balaban J connectivity index is 1.72. The third-order valence-corrected chi connectivity index (χ3v) is 6.19. The first-order valence-electron chi connectivity index (χ1n) is 8.24. The lowest BCUT2D eigenvalue weighted by Crippen LogP contribution is -2.32. The van der Waals surface area contributed by atoms with Crippen molar-refractivity contribution in [3.8, 4) is 0 Å². The summed E-state index contributed by atoms with van der Waals surface area (Å²) < 4.78 is 31.5. The van der Waals surface area contributed by atoms with Gasteiger partial charge in [-0.15, -0.1) is 0 Å². The molecule has 1 aliphatic rings. The predicted octanol–water partition coefficient (Wildman–Crippen LogP) is 0.106. The Bertz CT molecular complexity index is 869. The standard InChI is InChI=1S/C16H21N5O4S/c1-20(7-6-15-18-11-25-19-15)16(22)12-3-2-4-14(9-12)26(23,24)21-8-5-13(17)10-21/h2-4,9,11,13H,5-8,10,17H2,1H3. The number of benzene rings is 1. The van der Waals surface area contributed by atoms with E-state index in [0.29, 0.717) is 43.9 Å².